The molecule has 0 amide bonds. The summed E-state index contributed by atoms with van der Waals surface area (Å²) in [5.74, 6) is 0. The van der Waals surface area contributed by atoms with Crippen LogP contribution in [0.25, 0.3) is 10.9 Å². The molecule has 0 radical (unpaired) electrons. The van der Waals surface area contributed by atoms with Crippen molar-refractivity contribution in [3.8, 4) is 0 Å². The summed E-state index contributed by atoms with van der Waals surface area (Å²) in [5.41, 5.74) is 6.52. The highest BCUT2D eigenvalue weighted by molar-refractivity contribution is 7.89. The number of fused-ring (bicyclic) bond motifs is 1. The summed E-state index contributed by atoms with van der Waals surface area (Å²) in [6.45, 7) is 4.88. The predicted molar refractivity (Wildman–Crippen MR) is 81.5 cm³/mol. The van der Waals surface area contributed by atoms with E-state index in [1.807, 2.05) is 13.8 Å². The molecule has 2 heterocycles. The Morgan fingerprint density at radius 1 is 1.38 bits per heavy atom. The summed E-state index contributed by atoms with van der Waals surface area (Å²) < 4.78 is 32.9. The molecule has 1 aromatic heterocycles. The molecule has 2 aromatic rings. The van der Waals surface area contributed by atoms with E-state index >= 15 is 0 Å². The van der Waals surface area contributed by atoms with Crippen molar-refractivity contribution in [3.63, 3.8) is 0 Å². The second-order valence-corrected chi connectivity index (χ2v) is 7.73. The van der Waals surface area contributed by atoms with Gasteiger partial charge in [0.1, 0.15) is 4.90 Å². The molecule has 1 aliphatic heterocycles. The van der Waals surface area contributed by atoms with Crippen LogP contribution >= 0.6 is 0 Å². The number of nitrogens with two attached hydrogens (primary N) is 1. The SMILES string of the molecule is CC1(C)COCCN1S(=O)(=O)c1c[nH]c2ccc(N)cc12. The van der Waals surface area contributed by atoms with Crippen molar-refractivity contribution in [2.45, 2.75) is 24.3 Å². The number of nitrogens with zero attached hydrogens (tertiary/aromatic N) is 1. The number of aromatic nitrogens is 1. The van der Waals surface area contributed by atoms with Gasteiger partial charge in [0, 0.05) is 29.3 Å². The predicted octanol–water partition coefficient (Wildman–Crippen LogP) is 1.55. The first-order valence-electron chi connectivity index (χ1n) is 6.79. The van der Waals surface area contributed by atoms with Crippen LogP contribution in [0.3, 0.4) is 0 Å². The third kappa shape index (κ3) is 2.31. The second kappa shape index (κ2) is 4.72. The van der Waals surface area contributed by atoms with E-state index in [9.17, 15) is 8.42 Å². The molecule has 0 unspecified atom stereocenters. The van der Waals surface area contributed by atoms with E-state index in [1.54, 1.807) is 18.2 Å². The van der Waals surface area contributed by atoms with Crippen molar-refractivity contribution in [2.24, 2.45) is 0 Å². The second-order valence-electron chi connectivity index (χ2n) is 5.90. The van der Waals surface area contributed by atoms with Gasteiger partial charge in [-0.3, -0.25) is 0 Å². The van der Waals surface area contributed by atoms with E-state index < -0.39 is 15.6 Å². The maximum Gasteiger partial charge on any atom is 0.245 e. The number of rotatable bonds is 2. The molecule has 1 fully saturated rings. The van der Waals surface area contributed by atoms with Gasteiger partial charge in [-0.05, 0) is 32.0 Å². The number of hydrogen-bond acceptors (Lipinski definition) is 4. The normalized spacial score (nSPS) is 19.9. The molecule has 1 aliphatic rings. The summed E-state index contributed by atoms with van der Waals surface area (Å²) >= 11 is 0. The highest BCUT2D eigenvalue weighted by atomic mass is 32.2. The Balaban J connectivity index is 2.14. The first-order chi connectivity index (χ1) is 9.82. The summed E-state index contributed by atoms with van der Waals surface area (Å²) in [5, 5.41) is 0.622. The van der Waals surface area contributed by atoms with Gasteiger partial charge >= 0.3 is 0 Å². The number of nitrogens with one attached hydrogen (secondary N) is 1. The van der Waals surface area contributed by atoms with E-state index in [1.165, 1.54) is 10.5 Å². The molecule has 21 heavy (non-hydrogen) atoms. The molecule has 3 rings (SSSR count). The maximum absolute atomic E-state index is 13.0. The van der Waals surface area contributed by atoms with Gasteiger partial charge in [-0.15, -0.1) is 0 Å². The Morgan fingerprint density at radius 2 is 2.14 bits per heavy atom. The molecule has 0 bridgehead atoms. The van der Waals surface area contributed by atoms with Crippen LogP contribution in [-0.4, -0.2) is 43.0 Å². The van der Waals surface area contributed by atoms with Crippen LogP contribution in [0.2, 0.25) is 0 Å². The fraction of sp³-hybridized carbons (Fsp3) is 0.429. The van der Waals surface area contributed by atoms with Gasteiger partial charge in [-0.25, -0.2) is 8.42 Å². The lowest BCUT2D eigenvalue weighted by Crippen LogP contribution is -2.55. The zero-order valence-corrected chi connectivity index (χ0v) is 12.9. The average Bonchev–Trinajstić information content (AvgIpc) is 2.81. The fourth-order valence-electron chi connectivity index (χ4n) is 2.73. The van der Waals surface area contributed by atoms with Crippen molar-refractivity contribution >= 4 is 26.6 Å². The molecule has 0 spiro atoms. The van der Waals surface area contributed by atoms with E-state index in [-0.39, 0.29) is 4.90 Å². The zero-order valence-electron chi connectivity index (χ0n) is 12.1. The lowest BCUT2D eigenvalue weighted by molar-refractivity contribution is -0.00767. The number of aromatic amines is 1. The van der Waals surface area contributed by atoms with Gasteiger partial charge in [0.05, 0.1) is 18.8 Å². The number of H-pyrrole nitrogens is 1. The van der Waals surface area contributed by atoms with E-state index in [4.69, 9.17) is 10.5 Å². The number of anilines is 1. The van der Waals surface area contributed by atoms with Gasteiger partial charge < -0.3 is 15.5 Å². The van der Waals surface area contributed by atoms with E-state index in [2.05, 4.69) is 4.98 Å². The van der Waals surface area contributed by atoms with Crippen LogP contribution in [0.1, 0.15) is 13.8 Å². The van der Waals surface area contributed by atoms with E-state index in [0.717, 1.165) is 5.52 Å². The molecule has 0 saturated carbocycles. The molecule has 1 saturated heterocycles. The summed E-state index contributed by atoms with van der Waals surface area (Å²) in [6.07, 6.45) is 1.53. The zero-order chi connectivity index (χ0) is 15.3. The largest absolute Gasteiger partial charge is 0.399 e. The lowest BCUT2D eigenvalue weighted by atomic mass is 10.1. The third-order valence-corrected chi connectivity index (χ3v) is 5.96. The monoisotopic (exact) mass is 309 g/mol. The smallest absolute Gasteiger partial charge is 0.245 e. The van der Waals surface area contributed by atoms with E-state index in [0.29, 0.717) is 30.8 Å². The van der Waals surface area contributed by atoms with Crippen LogP contribution in [0, 0.1) is 0 Å². The number of nitrogen functional groups attached to an aromatic ring is 1. The van der Waals surface area contributed by atoms with Crippen molar-refractivity contribution in [2.75, 3.05) is 25.5 Å². The van der Waals surface area contributed by atoms with Crippen LogP contribution < -0.4 is 5.73 Å². The minimum atomic E-state index is -3.60. The lowest BCUT2D eigenvalue weighted by Gasteiger charge is -2.40. The molecule has 1 aromatic carbocycles. The number of morpholine rings is 1. The first kappa shape index (κ1) is 14.4. The molecule has 0 atom stereocenters. The molecule has 6 nitrogen and oxygen atoms in total. The Morgan fingerprint density at radius 3 is 2.86 bits per heavy atom. The molecular weight excluding hydrogens is 290 g/mol. The minimum absolute atomic E-state index is 0.264. The molecule has 0 aliphatic carbocycles. The highest BCUT2D eigenvalue weighted by Crippen LogP contribution is 2.32. The van der Waals surface area contributed by atoms with Crippen LogP contribution in [0.5, 0.6) is 0 Å². The Kier molecular flexibility index (Phi) is 3.23. The average molecular weight is 309 g/mol. The summed E-state index contributed by atoms with van der Waals surface area (Å²) in [4.78, 5) is 3.26. The summed E-state index contributed by atoms with van der Waals surface area (Å²) in [7, 11) is -3.60. The fourth-order valence-corrected chi connectivity index (χ4v) is 4.64. The maximum atomic E-state index is 13.0. The van der Waals surface area contributed by atoms with Gasteiger partial charge in [0.25, 0.3) is 0 Å². The van der Waals surface area contributed by atoms with Gasteiger partial charge in [0.15, 0.2) is 0 Å². The molecular formula is C14H19N3O3S. The summed E-state index contributed by atoms with van der Waals surface area (Å²) in [6, 6.07) is 5.22. The van der Waals surface area contributed by atoms with Crippen molar-refractivity contribution < 1.29 is 13.2 Å². The Hall–Kier alpha value is -1.57. The van der Waals surface area contributed by atoms with Crippen LogP contribution in [-0.2, 0) is 14.8 Å². The van der Waals surface area contributed by atoms with Crippen molar-refractivity contribution in [3.05, 3.63) is 24.4 Å². The quantitative estimate of drug-likeness (QED) is 0.824. The van der Waals surface area contributed by atoms with Crippen LogP contribution in [0.4, 0.5) is 5.69 Å². The number of sulfonamides is 1. The number of ether oxygens (including phenoxy) is 1. The topological polar surface area (TPSA) is 88.4 Å². The van der Waals surface area contributed by atoms with Crippen molar-refractivity contribution in [1.29, 1.82) is 0 Å². The minimum Gasteiger partial charge on any atom is -0.399 e. The van der Waals surface area contributed by atoms with Gasteiger partial charge in [0.2, 0.25) is 10.0 Å². The van der Waals surface area contributed by atoms with Crippen molar-refractivity contribution in [1.82, 2.24) is 9.29 Å². The molecule has 114 valence electrons. The standard InChI is InChI=1S/C14H19N3O3S/c1-14(2)9-20-6-5-17(14)21(18,19)13-8-16-12-4-3-10(15)7-11(12)13/h3-4,7-8,16H,5-6,9,15H2,1-2H3. The highest BCUT2D eigenvalue weighted by Gasteiger charge is 2.40. The Labute approximate surface area is 123 Å². The molecule has 3 N–H and O–H groups in total. The first-order valence-corrected chi connectivity index (χ1v) is 8.23. The Bertz CT molecular complexity index is 780. The van der Waals surface area contributed by atoms with Crippen LogP contribution in [0.15, 0.2) is 29.3 Å². The van der Waals surface area contributed by atoms with Gasteiger partial charge in [-0.1, -0.05) is 0 Å². The number of hydrogen-bond donors (Lipinski definition) is 2. The molecule has 7 heteroatoms. The third-order valence-electron chi connectivity index (χ3n) is 3.81. The van der Waals surface area contributed by atoms with Gasteiger partial charge in [-0.2, -0.15) is 4.31 Å². The number of benzene rings is 1.